The number of amides is 1. The van der Waals surface area contributed by atoms with Gasteiger partial charge in [-0.1, -0.05) is 34.8 Å². The van der Waals surface area contributed by atoms with E-state index in [1.807, 2.05) is 0 Å². The normalized spacial score (nSPS) is 10.2. The molecule has 0 aliphatic rings. The molecule has 1 N–H and O–H groups in total. The first kappa shape index (κ1) is 19.2. The van der Waals surface area contributed by atoms with Crippen LogP contribution >= 0.6 is 34.8 Å². The molecule has 0 radical (unpaired) electrons. The summed E-state index contributed by atoms with van der Waals surface area (Å²) in [6, 6.07) is 10.5. The smallest absolute Gasteiger partial charge is 0.325 e. The van der Waals surface area contributed by atoms with E-state index < -0.39 is 25.0 Å². The van der Waals surface area contributed by atoms with Crippen LogP contribution in [0.3, 0.4) is 0 Å². The molecular formula is C17H12Cl3NO4. The van der Waals surface area contributed by atoms with Crippen LogP contribution in [0.1, 0.15) is 20.7 Å². The Morgan fingerprint density at radius 2 is 1.56 bits per heavy atom. The number of rotatable bonds is 6. The van der Waals surface area contributed by atoms with Gasteiger partial charge >= 0.3 is 5.97 Å². The first-order valence-corrected chi connectivity index (χ1v) is 8.18. The first-order valence-electron chi connectivity index (χ1n) is 7.04. The third-order valence-electron chi connectivity index (χ3n) is 3.10. The second-order valence-electron chi connectivity index (χ2n) is 4.90. The summed E-state index contributed by atoms with van der Waals surface area (Å²) in [6.45, 7) is -0.830. The molecule has 0 aromatic heterocycles. The SMILES string of the molecule is O=C(CNC(=O)c1ccc(Cl)cc1Cl)OCC(=O)c1ccc(Cl)cc1. The number of carbonyl (C=O) groups excluding carboxylic acids is 3. The Bertz CT molecular complexity index is 806. The molecule has 2 aromatic rings. The van der Waals surface area contributed by atoms with Gasteiger partial charge in [-0.15, -0.1) is 0 Å². The molecule has 0 saturated carbocycles. The van der Waals surface area contributed by atoms with Gasteiger partial charge in [0.2, 0.25) is 0 Å². The van der Waals surface area contributed by atoms with Gasteiger partial charge in [-0.3, -0.25) is 14.4 Å². The highest BCUT2D eigenvalue weighted by Gasteiger charge is 2.14. The van der Waals surface area contributed by atoms with E-state index in [1.54, 1.807) is 12.1 Å². The third kappa shape index (κ3) is 5.74. The largest absolute Gasteiger partial charge is 0.456 e. The Morgan fingerprint density at radius 1 is 0.920 bits per heavy atom. The highest BCUT2D eigenvalue weighted by Crippen LogP contribution is 2.20. The van der Waals surface area contributed by atoms with Gasteiger partial charge in [0, 0.05) is 15.6 Å². The summed E-state index contributed by atoms with van der Waals surface area (Å²) in [7, 11) is 0. The Balaban J connectivity index is 1.81. The zero-order valence-corrected chi connectivity index (χ0v) is 15.0. The zero-order valence-electron chi connectivity index (χ0n) is 12.7. The number of ketones is 1. The fourth-order valence-corrected chi connectivity index (χ4v) is 2.46. The lowest BCUT2D eigenvalue weighted by molar-refractivity contribution is -0.141. The molecule has 0 spiro atoms. The van der Waals surface area contributed by atoms with Gasteiger partial charge in [0.25, 0.3) is 5.91 Å². The van der Waals surface area contributed by atoms with E-state index in [9.17, 15) is 14.4 Å². The second kappa shape index (κ2) is 8.85. The highest BCUT2D eigenvalue weighted by molar-refractivity contribution is 6.36. The minimum Gasteiger partial charge on any atom is -0.456 e. The average molecular weight is 401 g/mol. The molecule has 0 saturated heterocycles. The van der Waals surface area contributed by atoms with E-state index in [0.717, 1.165) is 0 Å². The average Bonchev–Trinajstić information content (AvgIpc) is 2.58. The Kier molecular flexibility index (Phi) is 6.82. The molecule has 0 atom stereocenters. The molecule has 0 aliphatic carbocycles. The molecule has 0 unspecified atom stereocenters. The van der Waals surface area contributed by atoms with Crippen molar-refractivity contribution in [2.75, 3.05) is 13.2 Å². The number of hydrogen-bond acceptors (Lipinski definition) is 4. The maximum absolute atomic E-state index is 11.9. The summed E-state index contributed by atoms with van der Waals surface area (Å²) in [6.07, 6.45) is 0. The number of nitrogens with one attached hydrogen (secondary N) is 1. The predicted octanol–water partition coefficient (Wildman–Crippen LogP) is 3.80. The number of benzene rings is 2. The van der Waals surface area contributed by atoms with Crippen LogP contribution in [0.15, 0.2) is 42.5 Å². The molecule has 0 aliphatic heterocycles. The van der Waals surface area contributed by atoms with Crippen LogP contribution in [0.4, 0.5) is 0 Å². The van der Waals surface area contributed by atoms with E-state index in [0.29, 0.717) is 15.6 Å². The standard InChI is InChI=1S/C17H12Cl3NO4/c18-11-3-1-10(2-4-11)15(22)9-25-16(23)8-21-17(24)13-6-5-12(19)7-14(13)20/h1-7H,8-9H2,(H,21,24). The summed E-state index contributed by atoms with van der Waals surface area (Å²) >= 11 is 17.4. The van der Waals surface area contributed by atoms with Gasteiger partial charge < -0.3 is 10.1 Å². The van der Waals surface area contributed by atoms with Crippen molar-refractivity contribution in [3.8, 4) is 0 Å². The van der Waals surface area contributed by atoms with Crippen LogP contribution in [0, 0.1) is 0 Å². The van der Waals surface area contributed by atoms with Gasteiger partial charge in [0.05, 0.1) is 10.6 Å². The molecule has 8 heteroatoms. The lowest BCUT2D eigenvalue weighted by Crippen LogP contribution is -2.31. The van der Waals surface area contributed by atoms with Crippen LogP contribution in [-0.4, -0.2) is 30.8 Å². The maximum Gasteiger partial charge on any atom is 0.325 e. The minimum atomic E-state index is -0.749. The topological polar surface area (TPSA) is 72.5 Å². The van der Waals surface area contributed by atoms with Crippen molar-refractivity contribution in [1.82, 2.24) is 5.32 Å². The van der Waals surface area contributed by atoms with Crippen molar-refractivity contribution in [1.29, 1.82) is 0 Å². The summed E-state index contributed by atoms with van der Waals surface area (Å²) in [4.78, 5) is 35.4. The van der Waals surface area contributed by atoms with Crippen molar-refractivity contribution in [2.24, 2.45) is 0 Å². The molecule has 1 amide bonds. The lowest BCUT2D eigenvalue weighted by Gasteiger charge is -2.07. The monoisotopic (exact) mass is 399 g/mol. The predicted molar refractivity (Wildman–Crippen MR) is 95.5 cm³/mol. The first-order chi connectivity index (χ1) is 11.9. The molecule has 130 valence electrons. The molecule has 0 bridgehead atoms. The number of esters is 1. The Hall–Kier alpha value is -2.08. The van der Waals surface area contributed by atoms with Gasteiger partial charge in [-0.05, 0) is 42.5 Å². The van der Waals surface area contributed by atoms with E-state index >= 15 is 0 Å². The zero-order chi connectivity index (χ0) is 18.4. The molecule has 25 heavy (non-hydrogen) atoms. The molecule has 2 aromatic carbocycles. The number of Topliss-reactive ketones (excluding diaryl/α,β-unsaturated/α-hetero) is 1. The van der Waals surface area contributed by atoms with E-state index in [-0.39, 0.29) is 16.4 Å². The van der Waals surface area contributed by atoms with E-state index in [4.69, 9.17) is 39.5 Å². The van der Waals surface area contributed by atoms with Crippen molar-refractivity contribution in [3.05, 3.63) is 68.7 Å². The second-order valence-corrected chi connectivity index (χ2v) is 6.18. The van der Waals surface area contributed by atoms with Crippen LogP contribution < -0.4 is 5.32 Å². The number of hydrogen-bond donors (Lipinski definition) is 1. The molecule has 5 nitrogen and oxygen atoms in total. The van der Waals surface area contributed by atoms with Crippen LogP contribution in [0.2, 0.25) is 15.1 Å². The fraction of sp³-hybridized carbons (Fsp3) is 0.118. The van der Waals surface area contributed by atoms with Gasteiger partial charge in [0.1, 0.15) is 6.54 Å². The molecule has 0 fully saturated rings. The Labute approximate surface area is 158 Å². The van der Waals surface area contributed by atoms with Crippen molar-refractivity contribution >= 4 is 52.5 Å². The van der Waals surface area contributed by atoms with Crippen LogP contribution in [0.5, 0.6) is 0 Å². The van der Waals surface area contributed by atoms with Crippen molar-refractivity contribution in [3.63, 3.8) is 0 Å². The molecular weight excluding hydrogens is 389 g/mol. The summed E-state index contributed by atoms with van der Waals surface area (Å²) in [5.74, 6) is -1.68. The summed E-state index contributed by atoms with van der Waals surface area (Å²) in [5, 5.41) is 3.41. The molecule has 2 rings (SSSR count). The van der Waals surface area contributed by atoms with Crippen LogP contribution in [-0.2, 0) is 9.53 Å². The van der Waals surface area contributed by atoms with Crippen molar-refractivity contribution in [2.45, 2.75) is 0 Å². The summed E-state index contributed by atoms with van der Waals surface area (Å²) in [5.41, 5.74) is 0.547. The number of carbonyl (C=O) groups is 3. The minimum absolute atomic E-state index is 0.163. The van der Waals surface area contributed by atoms with Gasteiger partial charge in [-0.2, -0.15) is 0 Å². The van der Waals surface area contributed by atoms with E-state index in [1.165, 1.54) is 30.3 Å². The Morgan fingerprint density at radius 3 is 2.20 bits per heavy atom. The quantitative estimate of drug-likeness (QED) is 0.591. The van der Waals surface area contributed by atoms with Gasteiger partial charge in [-0.25, -0.2) is 0 Å². The van der Waals surface area contributed by atoms with Gasteiger partial charge in [0.15, 0.2) is 12.4 Å². The number of ether oxygens (including phenoxy) is 1. The van der Waals surface area contributed by atoms with Crippen molar-refractivity contribution < 1.29 is 19.1 Å². The number of halogens is 3. The maximum atomic E-state index is 11.9. The highest BCUT2D eigenvalue weighted by atomic mass is 35.5. The van der Waals surface area contributed by atoms with E-state index in [2.05, 4.69) is 5.32 Å². The molecule has 0 heterocycles. The summed E-state index contributed by atoms with van der Waals surface area (Å²) < 4.78 is 4.83. The lowest BCUT2D eigenvalue weighted by atomic mass is 10.1. The third-order valence-corrected chi connectivity index (χ3v) is 3.90. The fourth-order valence-electron chi connectivity index (χ4n) is 1.84. The van der Waals surface area contributed by atoms with Crippen LogP contribution in [0.25, 0.3) is 0 Å².